The molecule has 0 fully saturated rings. The average Bonchev–Trinajstić information content (AvgIpc) is 3.21. The molecule has 1 amide bonds. The first kappa shape index (κ1) is 19.0. The number of thiazole rings is 1. The Morgan fingerprint density at radius 1 is 0.931 bits per heavy atom. The van der Waals surface area contributed by atoms with E-state index in [1.165, 1.54) is 11.3 Å². The summed E-state index contributed by atoms with van der Waals surface area (Å²) in [6, 6.07) is 23.0. The average molecular weight is 404 g/mol. The number of aromatic nitrogens is 1. The minimum absolute atomic E-state index is 0.145. The Kier molecular flexibility index (Phi) is 5.44. The summed E-state index contributed by atoms with van der Waals surface area (Å²) in [5.74, 6) is 0.954. The predicted molar refractivity (Wildman–Crippen MR) is 116 cm³/mol. The molecule has 1 aromatic heterocycles. The van der Waals surface area contributed by atoms with E-state index in [9.17, 15) is 4.79 Å². The molecule has 0 saturated carbocycles. The van der Waals surface area contributed by atoms with Gasteiger partial charge in [-0.15, -0.1) is 0 Å². The highest BCUT2D eigenvalue weighted by atomic mass is 32.1. The second-order valence-electron chi connectivity index (χ2n) is 6.41. The lowest BCUT2D eigenvalue weighted by Crippen LogP contribution is -2.30. The van der Waals surface area contributed by atoms with E-state index in [0.29, 0.717) is 28.7 Å². The number of carbonyl (C=O) groups is 1. The van der Waals surface area contributed by atoms with Gasteiger partial charge in [-0.2, -0.15) is 0 Å². The van der Waals surface area contributed by atoms with Crippen LogP contribution in [0.3, 0.4) is 0 Å². The predicted octanol–water partition coefficient (Wildman–Crippen LogP) is 5.16. The number of fused-ring (bicyclic) bond motifs is 1. The van der Waals surface area contributed by atoms with Crippen molar-refractivity contribution in [1.82, 2.24) is 4.98 Å². The largest absolute Gasteiger partial charge is 0.493 e. The Hall–Kier alpha value is -3.38. The van der Waals surface area contributed by atoms with E-state index in [1.807, 2.05) is 54.6 Å². The number of nitrogens with zero attached hydrogens (tertiary/aromatic N) is 2. The molecule has 0 radical (unpaired) electrons. The van der Waals surface area contributed by atoms with Gasteiger partial charge >= 0.3 is 0 Å². The maximum atomic E-state index is 13.5. The number of carbonyl (C=O) groups excluding carboxylic acids is 1. The summed E-state index contributed by atoms with van der Waals surface area (Å²) in [6.07, 6.45) is 0. The summed E-state index contributed by atoms with van der Waals surface area (Å²) in [6.45, 7) is 0.424. The van der Waals surface area contributed by atoms with Gasteiger partial charge in [0, 0.05) is 5.56 Å². The Balaban J connectivity index is 1.76. The zero-order chi connectivity index (χ0) is 20.2. The number of hydrogen-bond donors (Lipinski definition) is 0. The lowest BCUT2D eigenvalue weighted by Gasteiger charge is -2.21. The van der Waals surface area contributed by atoms with Gasteiger partial charge < -0.3 is 9.47 Å². The van der Waals surface area contributed by atoms with Gasteiger partial charge in [-0.3, -0.25) is 9.69 Å². The third kappa shape index (κ3) is 3.93. The summed E-state index contributed by atoms with van der Waals surface area (Å²) in [5, 5.41) is 0.662. The first-order chi connectivity index (χ1) is 14.2. The molecule has 0 bridgehead atoms. The van der Waals surface area contributed by atoms with E-state index in [4.69, 9.17) is 14.5 Å². The molecule has 3 aromatic carbocycles. The number of para-hydroxylation sites is 1. The summed E-state index contributed by atoms with van der Waals surface area (Å²) in [7, 11) is 3.13. The van der Waals surface area contributed by atoms with E-state index >= 15 is 0 Å². The maximum Gasteiger partial charge on any atom is 0.260 e. The molecule has 1 heterocycles. The minimum atomic E-state index is -0.145. The van der Waals surface area contributed by atoms with E-state index < -0.39 is 0 Å². The van der Waals surface area contributed by atoms with Crippen LogP contribution < -0.4 is 14.4 Å². The van der Waals surface area contributed by atoms with Gasteiger partial charge in [0.05, 0.1) is 31.0 Å². The van der Waals surface area contributed by atoms with Gasteiger partial charge in [0.2, 0.25) is 0 Å². The number of rotatable bonds is 6. The number of methoxy groups -OCH3 is 2. The van der Waals surface area contributed by atoms with Crippen LogP contribution in [0.1, 0.15) is 15.9 Å². The lowest BCUT2D eigenvalue weighted by molar-refractivity contribution is 0.0984. The quantitative estimate of drug-likeness (QED) is 0.445. The first-order valence-corrected chi connectivity index (χ1v) is 9.94. The normalized spacial score (nSPS) is 10.7. The third-order valence-corrected chi connectivity index (χ3v) is 5.63. The molecular weight excluding hydrogens is 384 g/mol. The van der Waals surface area contributed by atoms with Crippen molar-refractivity contribution in [3.63, 3.8) is 0 Å². The van der Waals surface area contributed by atoms with Gasteiger partial charge in [-0.25, -0.2) is 4.98 Å². The molecule has 0 atom stereocenters. The SMILES string of the molecule is COc1ccc(C(=O)N(Cc2ccccc2)c2nc3ccccc3s2)cc1OC. The van der Waals surface area contributed by atoms with E-state index in [-0.39, 0.29) is 5.91 Å². The van der Waals surface area contributed by atoms with Crippen molar-refractivity contribution in [3.8, 4) is 11.5 Å². The van der Waals surface area contributed by atoms with Gasteiger partial charge in [-0.1, -0.05) is 53.8 Å². The molecule has 4 rings (SSSR count). The standard InChI is InChI=1S/C23H20N2O3S/c1-27-19-13-12-17(14-20(19)28-2)22(26)25(15-16-8-4-3-5-9-16)23-24-18-10-6-7-11-21(18)29-23/h3-14H,15H2,1-2H3. The Labute approximate surface area is 173 Å². The van der Waals surface area contributed by atoms with Crippen LogP contribution in [0, 0.1) is 0 Å². The van der Waals surface area contributed by atoms with Crippen molar-refractivity contribution in [1.29, 1.82) is 0 Å². The van der Waals surface area contributed by atoms with Crippen LogP contribution in [0.5, 0.6) is 11.5 Å². The molecule has 146 valence electrons. The number of hydrogen-bond acceptors (Lipinski definition) is 5. The highest BCUT2D eigenvalue weighted by Crippen LogP contribution is 2.32. The van der Waals surface area contributed by atoms with E-state index in [0.717, 1.165) is 15.8 Å². The molecule has 0 spiro atoms. The number of ether oxygens (including phenoxy) is 2. The fraction of sp³-hybridized carbons (Fsp3) is 0.130. The van der Waals surface area contributed by atoms with E-state index in [1.54, 1.807) is 37.3 Å². The topological polar surface area (TPSA) is 51.7 Å². The van der Waals surface area contributed by atoms with Crippen molar-refractivity contribution in [3.05, 3.63) is 83.9 Å². The Bertz CT molecular complexity index is 1110. The maximum absolute atomic E-state index is 13.5. The van der Waals surface area contributed by atoms with Crippen molar-refractivity contribution < 1.29 is 14.3 Å². The van der Waals surface area contributed by atoms with Gasteiger partial charge in [0.15, 0.2) is 16.6 Å². The monoisotopic (exact) mass is 404 g/mol. The molecule has 0 saturated heterocycles. The van der Waals surface area contributed by atoms with Gasteiger partial charge in [0.25, 0.3) is 5.91 Å². The van der Waals surface area contributed by atoms with Crippen LogP contribution in [-0.4, -0.2) is 25.1 Å². The number of anilines is 1. The molecule has 0 unspecified atom stereocenters. The molecule has 4 aromatic rings. The highest BCUT2D eigenvalue weighted by molar-refractivity contribution is 7.22. The van der Waals surface area contributed by atoms with Crippen molar-refractivity contribution in [2.75, 3.05) is 19.1 Å². The van der Waals surface area contributed by atoms with Crippen LogP contribution in [0.2, 0.25) is 0 Å². The Morgan fingerprint density at radius 3 is 2.38 bits per heavy atom. The molecule has 0 aliphatic carbocycles. The van der Waals surface area contributed by atoms with Crippen LogP contribution in [0.25, 0.3) is 10.2 Å². The van der Waals surface area contributed by atoms with Crippen LogP contribution in [0.15, 0.2) is 72.8 Å². The van der Waals surface area contributed by atoms with Gasteiger partial charge in [-0.05, 0) is 35.9 Å². The third-order valence-electron chi connectivity index (χ3n) is 4.57. The fourth-order valence-corrected chi connectivity index (χ4v) is 4.06. The number of benzene rings is 3. The summed E-state index contributed by atoms with van der Waals surface area (Å²) in [4.78, 5) is 19.9. The second kappa shape index (κ2) is 8.32. The van der Waals surface area contributed by atoms with Gasteiger partial charge in [0.1, 0.15) is 0 Å². The summed E-state index contributed by atoms with van der Waals surface area (Å²) >= 11 is 1.50. The van der Waals surface area contributed by atoms with Crippen LogP contribution in [0.4, 0.5) is 5.13 Å². The van der Waals surface area contributed by atoms with Crippen molar-refractivity contribution >= 4 is 32.6 Å². The minimum Gasteiger partial charge on any atom is -0.493 e. The summed E-state index contributed by atoms with van der Waals surface area (Å²) in [5.41, 5.74) is 2.42. The molecule has 5 nitrogen and oxygen atoms in total. The molecule has 29 heavy (non-hydrogen) atoms. The molecule has 0 aliphatic heterocycles. The van der Waals surface area contributed by atoms with Crippen LogP contribution >= 0.6 is 11.3 Å². The molecular formula is C23H20N2O3S. The molecule has 0 aliphatic rings. The smallest absolute Gasteiger partial charge is 0.260 e. The van der Waals surface area contributed by atoms with Crippen molar-refractivity contribution in [2.45, 2.75) is 6.54 Å². The van der Waals surface area contributed by atoms with Crippen molar-refractivity contribution in [2.24, 2.45) is 0 Å². The molecule has 6 heteroatoms. The second-order valence-corrected chi connectivity index (χ2v) is 7.42. The zero-order valence-corrected chi connectivity index (χ0v) is 17.0. The Morgan fingerprint density at radius 2 is 1.66 bits per heavy atom. The first-order valence-electron chi connectivity index (χ1n) is 9.13. The fourth-order valence-electron chi connectivity index (χ4n) is 3.09. The zero-order valence-electron chi connectivity index (χ0n) is 16.2. The number of amides is 1. The summed E-state index contributed by atoms with van der Waals surface area (Å²) < 4.78 is 11.7. The lowest BCUT2D eigenvalue weighted by atomic mass is 10.1. The van der Waals surface area contributed by atoms with E-state index in [2.05, 4.69) is 0 Å². The molecule has 0 N–H and O–H groups in total. The highest BCUT2D eigenvalue weighted by Gasteiger charge is 2.23. The van der Waals surface area contributed by atoms with Crippen LogP contribution in [-0.2, 0) is 6.54 Å².